The summed E-state index contributed by atoms with van der Waals surface area (Å²) in [4.78, 5) is 8.20. The molecule has 2 aromatic rings. The number of rotatable bonds is 3. The van der Waals surface area contributed by atoms with E-state index in [0.717, 1.165) is 12.1 Å². The quantitative estimate of drug-likeness (QED) is 0.906. The second-order valence-electron chi connectivity index (χ2n) is 3.84. The Morgan fingerprint density at radius 2 is 1.89 bits per heavy atom. The second kappa shape index (κ2) is 5.36. The average Bonchev–Trinajstić information content (AvgIpc) is 2.33. The standard InChI is InChI=1S/C12H11ClF2N4/c1-6-3-10(19-12(16-2)17-6)18-11-8(13)4-7(14)5-9(11)15/h3-5H,1-2H3,(H2,16,17,18,19). The first-order valence-corrected chi connectivity index (χ1v) is 5.82. The first-order chi connectivity index (χ1) is 8.99. The highest BCUT2D eigenvalue weighted by atomic mass is 35.5. The Morgan fingerprint density at radius 3 is 2.53 bits per heavy atom. The van der Waals surface area contributed by atoms with Gasteiger partial charge in [-0.3, -0.25) is 0 Å². The summed E-state index contributed by atoms with van der Waals surface area (Å²) in [6.07, 6.45) is 0. The molecule has 0 aliphatic rings. The smallest absolute Gasteiger partial charge is 0.224 e. The molecule has 0 aliphatic carbocycles. The van der Waals surface area contributed by atoms with Crippen LogP contribution in [0.5, 0.6) is 0 Å². The van der Waals surface area contributed by atoms with Gasteiger partial charge in [-0.2, -0.15) is 4.98 Å². The van der Waals surface area contributed by atoms with Gasteiger partial charge in [0.1, 0.15) is 11.6 Å². The Labute approximate surface area is 113 Å². The fourth-order valence-electron chi connectivity index (χ4n) is 1.53. The van der Waals surface area contributed by atoms with Crippen molar-refractivity contribution in [2.75, 3.05) is 17.7 Å². The zero-order valence-corrected chi connectivity index (χ0v) is 11.0. The number of anilines is 3. The SMILES string of the molecule is CNc1nc(C)cc(Nc2c(F)cc(F)cc2Cl)n1. The molecule has 0 aliphatic heterocycles. The van der Waals surface area contributed by atoms with Gasteiger partial charge in [0.15, 0.2) is 5.82 Å². The van der Waals surface area contributed by atoms with Crippen LogP contribution in [0.3, 0.4) is 0 Å². The van der Waals surface area contributed by atoms with Crippen LogP contribution < -0.4 is 10.6 Å². The summed E-state index contributed by atoms with van der Waals surface area (Å²) in [6, 6.07) is 3.40. The maximum absolute atomic E-state index is 13.6. The van der Waals surface area contributed by atoms with Crippen molar-refractivity contribution in [3.05, 3.63) is 40.6 Å². The molecule has 19 heavy (non-hydrogen) atoms. The molecule has 2 rings (SSSR count). The van der Waals surface area contributed by atoms with Crippen LogP contribution in [0.2, 0.25) is 5.02 Å². The first kappa shape index (κ1) is 13.5. The van der Waals surface area contributed by atoms with E-state index in [1.165, 1.54) is 0 Å². The molecule has 1 heterocycles. The normalized spacial score (nSPS) is 10.4. The van der Waals surface area contributed by atoms with Crippen LogP contribution in [-0.4, -0.2) is 17.0 Å². The van der Waals surface area contributed by atoms with E-state index in [1.54, 1.807) is 20.0 Å². The number of nitrogens with one attached hydrogen (secondary N) is 2. The van der Waals surface area contributed by atoms with E-state index in [2.05, 4.69) is 20.6 Å². The topological polar surface area (TPSA) is 49.8 Å². The first-order valence-electron chi connectivity index (χ1n) is 5.44. The van der Waals surface area contributed by atoms with Crippen LogP contribution in [0.25, 0.3) is 0 Å². The molecule has 2 N–H and O–H groups in total. The molecule has 0 saturated carbocycles. The van der Waals surface area contributed by atoms with Gasteiger partial charge < -0.3 is 10.6 Å². The lowest BCUT2D eigenvalue weighted by Gasteiger charge is -2.10. The summed E-state index contributed by atoms with van der Waals surface area (Å²) in [5, 5.41) is 5.45. The van der Waals surface area contributed by atoms with Gasteiger partial charge in [-0.15, -0.1) is 0 Å². The molecule has 0 amide bonds. The van der Waals surface area contributed by atoms with Crippen LogP contribution in [0.15, 0.2) is 18.2 Å². The molecule has 0 unspecified atom stereocenters. The fourth-order valence-corrected chi connectivity index (χ4v) is 1.78. The van der Waals surface area contributed by atoms with Crippen molar-refractivity contribution in [3.8, 4) is 0 Å². The minimum Gasteiger partial charge on any atom is -0.357 e. The lowest BCUT2D eigenvalue weighted by Crippen LogP contribution is -2.03. The molecule has 100 valence electrons. The number of aryl methyl sites for hydroxylation is 1. The van der Waals surface area contributed by atoms with E-state index >= 15 is 0 Å². The van der Waals surface area contributed by atoms with Gasteiger partial charge in [0.05, 0.1) is 10.7 Å². The van der Waals surface area contributed by atoms with E-state index in [4.69, 9.17) is 11.6 Å². The van der Waals surface area contributed by atoms with Gasteiger partial charge in [-0.25, -0.2) is 13.8 Å². The van der Waals surface area contributed by atoms with Gasteiger partial charge in [0, 0.05) is 24.9 Å². The number of nitrogens with zero attached hydrogens (tertiary/aromatic N) is 2. The maximum atomic E-state index is 13.6. The fraction of sp³-hybridized carbons (Fsp3) is 0.167. The van der Waals surface area contributed by atoms with E-state index in [-0.39, 0.29) is 10.7 Å². The van der Waals surface area contributed by atoms with E-state index in [9.17, 15) is 8.78 Å². The predicted octanol–water partition coefficient (Wildman–Crippen LogP) is 3.50. The van der Waals surface area contributed by atoms with Gasteiger partial charge >= 0.3 is 0 Å². The Morgan fingerprint density at radius 1 is 1.16 bits per heavy atom. The Kier molecular flexibility index (Phi) is 3.80. The van der Waals surface area contributed by atoms with Crippen molar-refractivity contribution in [1.29, 1.82) is 0 Å². The molecule has 0 bridgehead atoms. The maximum Gasteiger partial charge on any atom is 0.224 e. The summed E-state index contributed by atoms with van der Waals surface area (Å²) in [5.74, 6) is -0.763. The number of hydrogen-bond acceptors (Lipinski definition) is 4. The Bertz CT molecular complexity index is 596. The summed E-state index contributed by atoms with van der Waals surface area (Å²) < 4.78 is 26.6. The van der Waals surface area contributed by atoms with Crippen molar-refractivity contribution < 1.29 is 8.78 Å². The van der Waals surface area contributed by atoms with Gasteiger partial charge in [-0.1, -0.05) is 11.6 Å². The number of hydrogen-bond donors (Lipinski definition) is 2. The summed E-state index contributed by atoms with van der Waals surface area (Å²) in [7, 11) is 1.67. The number of aromatic nitrogens is 2. The van der Waals surface area contributed by atoms with Crippen molar-refractivity contribution in [1.82, 2.24) is 9.97 Å². The molecule has 0 saturated heterocycles. The summed E-state index contributed by atoms with van der Waals surface area (Å²) in [6.45, 7) is 1.77. The third kappa shape index (κ3) is 3.08. The van der Waals surface area contributed by atoms with Crippen LogP contribution in [0, 0.1) is 18.6 Å². The van der Waals surface area contributed by atoms with Crippen LogP contribution in [-0.2, 0) is 0 Å². The highest BCUT2D eigenvalue weighted by Crippen LogP contribution is 2.29. The van der Waals surface area contributed by atoms with E-state index in [1.807, 2.05) is 0 Å². The van der Waals surface area contributed by atoms with Crippen molar-refractivity contribution in [2.45, 2.75) is 6.92 Å². The molecule has 0 radical (unpaired) electrons. The van der Waals surface area contributed by atoms with Crippen LogP contribution in [0.1, 0.15) is 5.69 Å². The van der Waals surface area contributed by atoms with E-state index in [0.29, 0.717) is 17.5 Å². The lowest BCUT2D eigenvalue weighted by molar-refractivity contribution is 0.586. The third-order valence-corrected chi connectivity index (χ3v) is 2.64. The van der Waals surface area contributed by atoms with Gasteiger partial charge in [-0.05, 0) is 13.0 Å². The monoisotopic (exact) mass is 284 g/mol. The van der Waals surface area contributed by atoms with Crippen molar-refractivity contribution >= 4 is 29.1 Å². The Hall–Kier alpha value is -1.95. The zero-order valence-electron chi connectivity index (χ0n) is 10.3. The molecule has 4 nitrogen and oxygen atoms in total. The predicted molar refractivity (Wildman–Crippen MR) is 71.0 cm³/mol. The summed E-state index contributed by atoms with van der Waals surface area (Å²) >= 11 is 5.80. The molecule has 7 heteroatoms. The number of halogens is 3. The molecular weight excluding hydrogens is 274 g/mol. The molecule has 0 fully saturated rings. The highest BCUT2D eigenvalue weighted by molar-refractivity contribution is 6.33. The van der Waals surface area contributed by atoms with Gasteiger partial charge in [0.25, 0.3) is 0 Å². The van der Waals surface area contributed by atoms with Crippen LogP contribution >= 0.6 is 11.6 Å². The van der Waals surface area contributed by atoms with Crippen molar-refractivity contribution in [2.24, 2.45) is 0 Å². The van der Waals surface area contributed by atoms with E-state index < -0.39 is 11.6 Å². The molecule has 0 atom stereocenters. The lowest BCUT2D eigenvalue weighted by atomic mass is 10.3. The van der Waals surface area contributed by atoms with Gasteiger partial charge in [0.2, 0.25) is 5.95 Å². The van der Waals surface area contributed by atoms with Crippen molar-refractivity contribution in [3.63, 3.8) is 0 Å². The average molecular weight is 285 g/mol. The van der Waals surface area contributed by atoms with Crippen LogP contribution in [0.4, 0.5) is 26.2 Å². The molecule has 0 spiro atoms. The molecule has 1 aromatic heterocycles. The highest BCUT2D eigenvalue weighted by Gasteiger charge is 2.11. The number of benzene rings is 1. The summed E-state index contributed by atoms with van der Waals surface area (Å²) in [5.41, 5.74) is 0.670. The molecule has 1 aromatic carbocycles. The third-order valence-electron chi connectivity index (χ3n) is 2.34. The minimum absolute atomic E-state index is 0.0248. The Balaban J connectivity index is 2.39. The zero-order chi connectivity index (χ0) is 14.0. The minimum atomic E-state index is -0.785. The largest absolute Gasteiger partial charge is 0.357 e. The second-order valence-corrected chi connectivity index (χ2v) is 4.24. The molecular formula is C12H11ClF2N4.